The minimum Gasteiger partial charge on any atom is -0.353 e. The van der Waals surface area contributed by atoms with Crippen LogP contribution in [0.3, 0.4) is 0 Å². The van der Waals surface area contributed by atoms with Gasteiger partial charge in [0.05, 0.1) is 6.54 Å². The molecule has 0 spiro atoms. The molecule has 0 saturated heterocycles. The van der Waals surface area contributed by atoms with Crippen LogP contribution in [-0.2, 0) is 6.54 Å². The Morgan fingerprint density at radius 1 is 1.09 bits per heavy atom. The first-order chi connectivity index (χ1) is 11.2. The van der Waals surface area contributed by atoms with Crippen LogP contribution in [0.1, 0.15) is 11.5 Å². The van der Waals surface area contributed by atoms with Crippen LogP contribution in [0.4, 0.5) is 5.69 Å². The molecular weight excluding hydrogens is 308 g/mol. The Labute approximate surface area is 139 Å². The normalized spacial score (nSPS) is 10.3. The van der Waals surface area contributed by atoms with E-state index in [0.29, 0.717) is 23.4 Å². The van der Waals surface area contributed by atoms with Gasteiger partial charge in [-0.2, -0.15) is 4.98 Å². The molecular formula is C17H16N4OS. The molecule has 6 heteroatoms. The van der Waals surface area contributed by atoms with E-state index in [-0.39, 0.29) is 0 Å². The molecule has 0 radical (unpaired) electrons. The lowest BCUT2D eigenvalue weighted by molar-refractivity contribution is 0.376. The molecule has 0 fully saturated rings. The van der Waals surface area contributed by atoms with Gasteiger partial charge in [-0.25, -0.2) is 0 Å². The van der Waals surface area contributed by atoms with Gasteiger partial charge in [0.15, 0.2) is 5.11 Å². The third-order valence-electron chi connectivity index (χ3n) is 3.29. The van der Waals surface area contributed by atoms with Gasteiger partial charge in [0.1, 0.15) is 0 Å². The van der Waals surface area contributed by atoms with Crippen molar-refractivity contribution in [2.24, 2.45) is 0 Å². The summed E-state index contributed by atoms with van der Waals surface area (Å²) in [5.74, 6) is 1.07. The van der Waals surface area contributed by atoms with Crippen LogP contribution >= 0.6 is 12.2 Å². The van der Waals surface area contributed by atoms with Gasteiger partial charge in [-0.05, 0) is 36.8 Å². The van der Waals surface area contributed by atoms with Crippen molar-refractivity contribution in [1.29, 1.82) is 0 Å². The zero-order valence-electron chi connectivity index (χ0n) is 12.6. The van der Waals surface area contributed by atoms with Gasteiger partial charge in [-0.15, -0.1) is 0 Å². The summed E-state index contributed by atoms with van der Waals surface area (Å²) in [6, 6.07) is 17.6. The number of anilines is 1. The van der Waals surface area contributed by atoms with E-state index in [4.69, 9.17) is 16.7 Å². The Balaban J connectivity index is 1.59. The molecule has 116 valence electrons. The number of aryl methyl sites for hydroxylation is 1. The first-order valence-corrected chi connectivity index (χ1v) is 7.62. The summed E-state index contributed by atoms with van der Waals surface area (Å²) in [5.41, 5.74) is 3.00. The summed E-state index contributed by atoms with van der Waals surface area (Å²) in [6.07, 6.45) is 0. The van der Waals surface area contributed by atoms with Gasteiger partial charge in [-0.1, -0.05) is 47.6 Å². The third kappa shape index (κ3) is 3.92. The number of thiocarbonyl (C=S) groups is 1. The predicted molar refractivity (Wildman–Crippen MR) is 94.0 cm³/mol. The zero-order chi connectivity index (χ0) is 16.1. The molecule has 1 heterocycles. The maximum absolute atomic E-state index is 5.26. The van der Waals surface area contributed by atoms with Gasteiger partial charge >= 0.3 is 0 Å². The highest BCUT2D eigenvalue weighted by atomic mass is 32.1. The number of aromatic nitrogens is 2. The van der Waals surface area contributed by atoms with Crippen molar-refractivity contribution in [2.75, 3.05) is 5.32 Å². The van der Waals surface area contributed by atoms with E-state index in [1.807, 2.05) is 61.5 Å². The maximum Gasteiger partial charge on any atom is 0.246 e. The monoisotopic (exact) mass is 324 g/mol. The van der Waals surface area contributed by atoms with Gasteiger partial charge in [0.25, 0.3) is 0 Å². The molecule has 0 bridgehead atoms. The van der Waals surface area contributed by atoms with E-state index in [1.165, 1.54) is 0 Å². The highest BCUT2D eigenvalue weighted by Gasteiger charge is 2.10. The minimum absolute atomic E-state index is 0.373. The van der Waals surface area contributed by atoms with Crippen LogP contribution in [0.5, 0.6) is 0 Å². The number of nitrogens with zero attached hydrogens (tertiary/aromatic N) is 2. The molecule has 2 N–H and O–H groups in total. The average molecular weight is 324 g/mol. The first kappa shape index (κ1) is 15.2. The minimum atomic E-state index is 0.373. The molecule has 0 amide bonds. The zero-order valence-corrected chi connectivity index (χ0v) is 13.4. The van der Waals surface area contributed by atoms with Crippen LogP contribution in [0.2, 0.25) is 0 Å². The number of rotatable bonds is 4. The quantitative estimate of drug-likeness (QED) is 0.716. The molecule has 0 saturated carbocycles. The lowest BCUT2D eigenvalue weighted by Crippen LogP contribution is -2.27. The summed E-state index contributed by atoms with van der Waals surface area (Å²) in [7, 11) is 0. The summed E-state index contributed by atoms with van der Waals surface area (Å²) in [6.45, 7) is 2.39. The number of para-hydroxylation sites is 1. The lowest BCUT2D eigenvalue weighted by Gasteiger charge is -2.08. The van der Waals surface area contributed by atoms with E-state index in [0.717, 1.165) is 16.8 Å². The van der Waals surface area contributed by atoms with Crippen LogP contribution in [0.25, 0.3) is 11.4 Å². The predicted octanol–water partition coefficient (Wildman–Crippen LogP) is 3.53. The summed E-state index contributed by atoms with van der Waals surface area (Å²) in [5, 5.41) is 10.7. The number of hydrogen-bond acceptors (Lipinski definition) is 4. The topological polar surface area (TPSA) is 63.0 Å². The second-order valence-corrected chi connectivity index (χ2v) is 5.41. The number of hydrogen-bond donors (Lipinski definition) is 2. The molecule has 3 aromatic rings. The van der Waals surface area contributed by atoms with Gasteiger partial charge in [0.2, 0.25) is 11.7 Å². The Kier molecular flexibility index (Phi) is 4.63. The second kappa shape index (κ2) is 7.02. The third-order valence-corrected chi connectivity index (χ3v) is 3.53. The Hall–Kier alpha value is -2.73. The van der Waals surface area contributed by atoms with E-state index in [1.54, 1.807) is 0 Å². The first-order valence-electron chi connectivity index (χ1n) is 7.21. The molecule has 0 aliphatic carbocycles. The summed E-state index contributed by atoms with van der Waals surface area (Å²) >= 11 is 5.24. The summed E-state index contributed by atoms with van der Waals surface area (Å²) in [4.78, 5) is 4.39. The largest absolute Gasteiger partial charge is 0.353 e. The highest BCUT2D eigenvalue weighted by Crippen LogP contribution is 2.19. The van der Waals surface area contributed by atoms with Crippen LogP contribution in [0.15, 0.2) is 59.1 Å². The van der Waals surface area contributed by atoms with Crippen molar-refractivity contribution in [3.8, 4) is 11.4 Å². The fourth-order valence-corrected chi connectivity index (χ4v) is 2.30. The Morgan fingerprint density at radius 3 is 2.61 bits per heavy atom. The van der Waals surface area contributed by atoms with Crippen molar-refractivity contribution in [1.82, 2.24) is 15.5 Å². The van der Waals surface area contributed by atoms with Crippen molar-refractivity contribution < 1.29 is 4.52 Å². The molecule has 1 aromatic heterocycles. The molecule has 0 aliphatic heterocycles. The molecule has 0 atom stereocenters. The van der Waals surface area contributed by atoms with Crippen molar-refractivity contribution in [2.45, 2.75) is 13.5 Å². The van der Waals surface area contributed by atoms with Gasteiger partial charge < -0.3 is 15.2 Å². The highest BCUT2D eigenvalue weighted by molar-refractivity contribution is 7.80. The molecule has 3 rings (SSSR count). The molecule has 0 aliphatic rings. The SMILES string of the molecule is Cc1ccccc1-c1noc(CNC(=S)Nc2ccccc2)n1. The lowest BCUT2D eigenvalue weighted by atomic mass is 10.1. The number of benzene rings is 2. The standard InChI is InChI=1S/C17H16N4OS/c1-12-7-5-6-10-14(12)16-20-15(22-21-16)11-18-17(23)19-13-8-3-2-4-9-13/h2-10H,11H2,1H3,(H2,18,19,23). The van der Waals surface area contributed by atoms with Crippen molar-refractivity contribution >= 4 is 23.0 Å². The van der Waals surface area contributed by atoms with E-state index < -0.39 is 0 Å². The van der Waals surface area contributed by atoms with Crippen LogP contribution in [-0.4, -0.2) is 15.3 Å². The average Bonchev–Trinajstić information content (AvgIpc) is 3.03. The van der Waals surface area contributed by atoms with Crippen LogP contribution in [0, 0.1) is 6.92 Å². The van der Waals surface area contributed by atoms with Crippen molar-refractivity contribution in [3.63, 3.8) is 0 Å². The summed E-state index contributed by atoms with van der Waals surface area (Å²) < 4.78 is 5.26. The van der Waals surface area contributed by atoms with Crippen LogP contribution < -0.4 is 10.6 Å². The van der Waals surface area contributed by atoms with E-state index >= 15 is 0 Å². The molecule has 0 unspecified atom stereocenters. The smallest absolute Gasteiger partial charge is 0.246 e. The molecule has 5 nitrogen and oxygen atoms in total. The fraction of sp³-hybridized carbons (Fsp3) is 0.118. The van der Waals surface area contributed by atoms with E-state index in [2.05, 4.69) is 20.8 Å². The number of nitrogens with one attached hydrogen (secondary N) is 2. The molecule has 23 heavy (non-hydrogen) atoms. The maximum atomic E-state index is 5.26. The van der Waals surface area contributed by atoms with E-state index in [9.17, 15) is 0 Å². The van der Waals surface area contributed by atoms with Gasteiger partial charge in [-0.3, -0.25) is 0 Å². The van der Waals surface area contributed by atoms with Gasteiger partial charge in [0, 0.05) is 11.3 Å². The second-order valence-electron chi connectivity index (χ2n) is 5.00. The fourth-order valence-electron chi connectivity index (χ4n) is 2.11. The Morgan fingerprint density at radius 2 is 1.83 bits per heavy atom. The van der Waals surface area contributed by atoms with Crippen molar-refractivity contribution in [3.05, 3.63) is 66.1 Å². The Bertz CT molecular complexity index is 801. The molecule has 2 aromatic carbocycles.